The lowest BCUT2D eigenvalue weighted by Crippen LogP contribution is -2.11. The number of halogens is 3. The normalized spacial score (nSPS) is 11.3. The van der Waals surface area contributed by atoms with Crippen LogP contribution in [-0.2, 0) is 6.18 Å². The topological polar surface area (TPSA) is 46.4 Å². The Morgan fingerprint density at radius 2 is 1.59 bits per heavy atom. The lowest BCUT2D eigenvalue weighted by atomic mass is 10.1. The maximum Gasteiger partial charge on any atom is 0.416 e. The Morgan fingerprint density at radius 3 is 2.05 bits per heavy atom. The van der Waals surface area contributed by atoms with Crippen molar-refractivity contribution in [3.05, 3.63) is 63.7 Å². The van der Waals surface area contributed by atoms with Crippen LogP contribution in [0.5, 0.6) is 0 Å². The summed E-state index contributed by atoms with van der Waals surface area (Å²) in [6, 6.07) is 9.29. The van der Waals surface area contributed by atoms with Crippen LogP contribution in [0, 0.1) is 17.0 Å². The number of nitro benzene ring substituents is 1. The molecule has 22 heavy (non-hydrogen) atoms. The predicted molar refractivity (Wildman–Crippen MR) is 77.3 cm³/mol. The van der Waals surface area contributed by atoms with Gasteiger partial charge in [0.1, 0.15) is 0 Å². The molecule has 0 aromatic heterocycles. The molecular formula is C15H13F3N2O2. The summed E-state index contributed by atoms with van der Waals surface area (Å²) in [5.41, 5.74) is 0.986. The van der Waals surface area contributed by atoms with Gasteiger partial charge in [-0.15, -0.1) is 0 Å². The van der Waals surface area contributed by atoms with Gasteiger partial charge in [0.15, 0.2) is 0 Å². The van der Waals surface area contributed by atoms with E-state index in [1.54, 1.807) is 31.0 Å². The number of aryl methyl sites for hydroxylation is 1. The minimum Gasteiger partial charge on any atom is -0.345 e. The van der Waals surface area contributed by atoms with Crippen molar-refractivity contribution in [2.75, 3.05) is 11.9 Å². The Labute approximate surface area is 124 Å². The standard InChI is InChI=1S/C15H13F3N2O2/c1-10-9-13(7-8-14(10)20(21)22)19(2)12-5-3-11(4-6-12)15(16,17)18/h3-9H,1-2H3. The molecule has 0 aliphatic carbocycles. The first kappa shape index (κ1) is 15.8. The van der Waals surface area contributed by atoms with Crippen LogP contribution in [-0.4, -0.2) is 12.0 Å². The van der Waals surface area contributed by atoms with Gasteiger partial charge in [-0.1, -0.05) is 0 Å². The van der Waals surface area contributed by atoms with Gasteiger partial charge < -0.3 is 4.90 Å². The molecule has 116 valence electrons. The molecule has 2 aromatic carbocycles. The van der Waals surface area contributed by atoms with E-state index in [4.69, 9.17) is 0 Å². The summed E-state index contributed by atoms with van der Waals surface area (Å²) in [7, 11) is 1.68. The summed E-state index contributed by atoms with van der Waals surface area (Å²) in [6.07, 6.45) is -4.37. The van der Waals surface area contributed by atoms with Crippen LogP contribution in [0.1, 0.15) is 11.1 Å². The summed E-state index contributed by atoms with van der Waals surface area (Å²) in [4.78, 5) is 12.0. The third kappa shape index (κ3) is 3.19. The highest BCUT2D eigenvalue weighted by Gasteiger charge is 2.30. The maximum absolute atomic E-state index is 12.5. The molecule has 0 unspecified atom stereocenters. The second kappa shape index (κ2) is 5.67. The fraction of sp³-hybridized carbons (Fsp3) is 0.200. The molecule has 2 aromatic rings. The molecule has 0 aliphatic rings. The number of benzene rings is 2. The Bertz CT molecular complexity index is 697. The lowest BCUT2D eigenvalue weighted by Gasteiger charge is -2.20. The fourth-order valence-corrected chi connectivity index (χ4v) is 2.08. The van der Waals surface area contributed by atoms with E-state index in [-0.39, 0.29) is 5.69 Å². The van der Waals surface area contributed by atoms with Gasteiger partial charge in [-0.05, 0) is 43.3 Å². The molecule has 0 fully saturated rings. The van der Waals surface area contributed by atoms with Crippen LogP contribution < -0.4 is 4.90 Å². The second-order valence-electron chi connectivity index (χ2n) is 4.83. The van der Waals surface area contributed by atoms with Gasteiger partial charge in [0.25, 0.3) is 5.69 Å². The summed E-state index contributed by atoms with van der Waals surface area (Å²) in [6.45, 7) is 1.61. The third-order valence-electron chi connectivity index (χ3n) is 3.35. The van der Waals surface area contributed by atoms with Crippen molar-refractivity contribution in [3.63, 3.8) is 0 Å². The number of rotatable bonds is 3. The first-order valence-electron chi connectivity index (χ1n) is 6.36. The Kier molecular flexibility index (Phi) is 4.07. The number of hydrogen-bond donors (Lipinski definition) is 0. The highest BCUT2D eigenvalue weighted by Crippen LogP contribution is 2.32. The molecule has 0 heterocycles. The van der Waals surface area contributed by atoms with Crippen LogP contribution in [0.3, 0.4) is 0 Å². The van der Waals surface area contributed by atoms with Crippen molar-refractivity contribution in [3.8, 4) is 0 Å². The van der Waals surface area contributed by atoms with E-state index < -0.39 is 16.7 Å². The van der Waals surface area contributed by atoms with Crippen LogP contribution in [0.25, 0.3) is 0 Å². The van der Waals surface area contributed by atoms with E-state index >= 15 is 0 Å². The molecule has 0 spiro atoms. The zero-order chi connectivity index (χ0) is 16.5. The van der Waals surface area contributed by atoms with Crippen molar-refractivity contribution in [2.45, 2.75) is 13.1 Å². The van der Waals surface area contributed by atoms with Crippen LogP contribution in [0.2, 0.25) is 0 Å². The van der Waals surface area contributed by atoms with Crippen LogP contribution in [0.4, 0.5) is 30.2 Å². The molecule has 0 N–H and O–H groups in total. The Morgan fingerprint density at radius 1 is 1.05 bits per heavy atom. The zero-order valence-electron chi connectivity index (χ0n) is 11.9. The van der Waals surface area contributed by atoms with Gasteiger partial charge in [-0.2, -0.15) is 13.2 Å². The lowest BCUT2D eigenvalue weighted by molar-refractivity contribution is -0.385. The fourth-order valence-electron chi connectivity index (χ4n) is 2.08. The van der Waals surface area contributed by atoms with Gasteiger partial charge in [0.2, 0.25) is 0 Å². The van der Waals surface area contributed by atoms with Gasteiger partial charge in [-0.3, -0.25) is 10.1 Å². The van der Waals surface area contributed by atoms with Crippen LogP contribution >= 0.6 is 0 Å². The molecule has 2 rings (SSSR count). The molecule has 0 radical (unpaired) electrons. The van der Waals surface area contributed by atoms with Gasteiger partial charge in [0.05, 0.1) is 10.5 Å². The van der Waals surface area contributed by atoms with Crippen molar-refractivity contribution >= 4 is 17.1 Å². The number of anilines is 2. The van der Waals surface area contributed by atoms with Crippen molar-refractivity contribution in [1.29, 1.82) is 0 Å². The number of hydrogen-bond acceptors (Lipinski definition) is 3. The monoisotopic (exact) mass is 310 g/mol. The van der Waals surface area contributed by atoms with Crippen molar-refractivity contribution < 1.29 is 18.1 Å². The summed E-state index contributed by atoms with van der Waals surface area (Å²) in [5.74, 6) is 0. The van der Waals surface area contributed by atoms with E-state index in [2.05, 4.69) is 0 Å². The second-order valence-corrected chi connectivity index (χ2v) is 4.83. The van der Waals surface area contributed by atoms with Gasteiger partial charge in [-0.25, -0.2) is 0 Å². The minimum atomic E-state index is -4.37. The molecule has 0 saturated carbocycles. The summed E-state index contributed by atoms with van der Waals surface area (Å²) < 4.78 is 37.6. The molecule has 0 amide bonds. The molecular weight excluding hydrogens is 297 g/mol. The molecule has 0 bridgehead atoms. The molecule has 0 saturated heterocycles. The number of nitrogens with zero attached hydrogens (tertiary/aromatic N) is 2. The summed E-state index contributed by atoms with van der Waals surface area (Å²) in [5, 5.41) is 10.8. The van der Waals surface area contributed by atoms with Crippen molar-refractivity contribution in [2.24, 2.45) is 0 Å². The van der Waals surface area contributed by atoms with Crippen molar-refractivity contribution in [1.82, 2.24) is 0 Å². The molecule has 0 atom stereocenters. The minimum absolute atomic E-state index is 0.00423. The van der Waals surface area contributed by atoms with E-state index in [1.807, 2.05) is 0 Å². The average Bonchev–Trinajstić information content (AvgIpc) is 2.45. The predicted octanol–water partition coefficient (Wildman–Crippen LogP) is 4.69. The Balaban J connectivity index is 2.30. The molecule has 4 nitrogen and oxygen atoms in total. The first-order chi connectivity index (χ1) is 10.2. The van der Waals surface area contributed by atoms with E-state index in [0.717, 1.165) is 12.1 Å². The number of alkyl halides is 3. The SMILES string of the molecule is Cc1cc(N(C)c2ccc(C(F)(F)F)cc2)ccc1[N+](=O)[O-]. The molecule has 7 heteroatoms. The summed E-state index contributed by atoms with van der Waals surface area (Å²) >= 11 is 0. The smallest absolute Gasteiger partial charge is 0.345 e. The zero-order valence-corrected chi connectivity index (χ0v) is 11.9. The van der Waals surface area contributed by atoms with E-state index in [9.17, 15) is 23.3 Å². The van der Waals surface area contributed by atoms with Gasteiger partial charge in [0, 0.05) is 30.1 Å². The highest BCUT2D eigenvalue weighted by molar-refractivity contribution is 5.65. The van der Waals surface area contributed by atoms with Crippen LogP contribution in [0.15, 0.2) is 42.5 Å². The Hall–Kier alpha value is -2.57. The van der Waals surface area contributed by atoms with Gasteiger partial charge >= 0.3 is 6.18 Å². The van der Waals surface area contributed by atoms with E-state index in [0.29, 0.717) is 16.9 Å². The van der Waals surface area contributed by atoms with E-state index in [1.165, 1.54) is 18.2 Å². The number of nitro groups is 1. The average molecular weight is 310 g/mol. The molecule has 0 aliphatic heterocycles. The highest BCUT2D eigenvalue weighted by atomic mass is 19.4. The quantitative estimate of drug-likeness (QED) is 0.610. The maximum atomic E-state index is 12.5. The third-order valence-corrected chi connectivity index (χ3v) is 3.35. The largest absolute Gasteiger partial charge is 0.416 e. The first-order valence-corrected chi connectivity index (χ1v) is 6.36.